The Morgan fingerprint density at radius 3 is 2.38 bits per heavy atom. The summed E-state index contributed by atoms with van der Waals surface area (Å²) in [5.41, 5.74) is 1.71. The van der Waals surface area contributed by atoms with Crippen molar-refractivity contribution in [2.45, 2.75) is 95.7 Å². The third-order valence-electron chi connectivity index (χ3n) is 7.63. The second-order valence-electron chi connectivity index (χ2n) is 12.8. The third kappa shape index (κ3) is 6.24. The predicted molar refractivity (Wildman–Crippen MR) is 150 cm³/mol. The maximum absolute atomic E-state index is 9.48. The van der Waals surface area contributed by atoms with Crippen LogP contribution in [0.3, 0.4) is 0 Å². The number of rotatable bonds is 9. The van der Waals surface area contributed by atoms with Crippen LogP contribution in [-0.4, -0.2) is 70.2 Å². The first-order valence-corrected chi connectivity index (χ1v) is 19.9. The fourth-order valence-electron chi connectivity index (χ4n) is 4.31. The fourth-order valence-corrected chi connectivity index (χ4v) is 6.57. The van der Waals surface area contributed by atoms with Crippen molar-refractivity contribution >= 4 is 39.0 Å². The SMILES string of the molecule is CC(C)(C)[Si](C)(C)OC1CO[C@H]2[C@@H]1OC[C@H]2Oc1cc2nc(Cl)c(C#N)cc2n1COCC[Si](C)(C)C. The van der Waals surface area contributed by atoms with Gasteiger partial charge < -0.3 is 23.4 Å². The Balaban J connectivity index is 1.53. The topological polar surface area (TPSA) is 87.8 Å². The number of fused-ring (bicyclic) bond motifs is 2. The molecular formula is C26H40ClN3O5Si2. The van der Waals surface area contributed by atoms with Crippen LogP contribution in [0, 0.1) is 11.3 Å². The molecule has 0 saturated carbocycles. The average Bonchev–Trinajstić information content (AvgIpc) is 3.44. The van der Waals surface area contributed by atoms with Crippen LogP contribution in [0.1, 0.15) is 26.3 Å². The maximum atomic E-state index is 9.48. The number of hydrogen-bond donors (Lipinski definition) is 0. The summed E-state index contributed by atoms with van der Waals surface area (Å²) in [7, 11) is -3.20. The molecule has 11 heteroatoms. The van der Waals surface area contributed by atoms with Crippen LogP contribution in [0.25, 0.3) is 11.0 Å². The summed E-state index contributed by atoms with van der Waals surface area (Å²) < 4.78 is 33.4. The molecule has 2 aliphatic heterocycles. The number of pyridine rings is 1. The van der Waals surface area contributed by atoms with Gasteiger partial charge in [0.2, 0.25) is 0 Å². The van der Waals surface area contributed by atoms with E-state index in [1.807, 2.05) is 10.6 Å². The van der Waals surface area contributed by atoms with Crippen LogP contribution in [0.5, 0.6) is 5.88 Å². The first-order chi connectivity index (χ1) is 17.2. The smallest absolute Gasteiger partial charge is 0.198 e. The molecule has 0 bridgehead atoms. The van der Waals surface area contributed by atoms with Gasteiger partial charge >= 0.3 is 0 Å². The number of halogens is 1. The lowest BCUT2D eigenvalue weighted by atomic mass is 10.1. The van der Waals surface area contributed by atoms with Gasteiger partial charge in [0.25, 0.3) is 0 Å². The van der Waals surface area contributed by atoms with Crippen molar-refractivity contribution in [3.63, 3.8) is 0 Å². The summed E-state index contributed by atoms with van der Waals surface area (Å²) in [5, 5.41) is 9.76. The van der Waals surface area contributed by atoms with Crippen molar-refractivity contribution in [2.24, 2.45) is 0 Å². The molecule has 0 radical (unpaired) electrons. The molecule has 2 saturated heterocycles. The Bertz CT molecular complexity index is 1170. The molecule has 0 spiro atoms. The molecule has 4 heterocycles. The van der Waals surface area contributed by atoms with Crippen molar-refractivity contribution in [3.05, 3.63) is 22.8 Å². The molecule has 0 aromatic carbocycles. The van der Waals surface area contributed by atoms with Crippen molar-refractivity contribution < 1.29 is 23.4 Å². The van der Waals surface area contributed by atoms with Gasteiger partial charge in [0.1, 0.15) is 30.2 Å². The zero-order chi connectivity index (χ0) is 27.2. The lowest BCUT2D eigenvalue weighted by Crippen LogP contribution is -2.47. The molecule has 4 rings (SSSR count). The Labute approximate surface area is 227 Å². The molecule has 204 valence electrons. The summed E-state index contributed by atoms with van der Waals surface area (Å²) in [6.07, 6.45) is -0.786. The first-order valence-electron chi connectivity index (χ1n) is 13.0. The van der Waals surface area contributed by atoms with E-state index in [-0.39, 0.29) is 41.3 Å². The summed E-state index contributed by atoms with van der Waals surface area (Å²) in [5.74, 6) is 0.591. The van der Waals surface area contributed by atoms with Crippen molar-refractivity contribution in [1.29, 1.82) is 5.26 Å². The molecule has 2 fully saturated rings. The highest BCUT2D eigenvalue weighted by atomic mass is 35.5. The zero-order valence-electron chi connectivity index (χ0n) is 23.3. The zero-order valence-corrected chi connectivity index (χ0v) is 26.0. The summed E-state index contributed by atoms with van der Waals surface area (Å²) >= 11 is 6.23. The molecule has 0 amide bonds. The van der Waals surface area contributed by atoms with E-state index in [1.165, 1.54) is 0 Å². The Morgan fingerprint density at radius 1 is 1.11 bits per heavy atom. The standard InChI is InChI=1S/C26H40ClN3O5Si2/c1-26(2,3)37(7,8)35-21-15-33-23-20(14-32-24(21)23)34-22-12-18-19(11-17(13-28)25(27)29-18)30(22)16-31-9-10-36(4,5)6/h11-12,20-21,23-24H,9-10,14-16H2,1-8H3/t20-,21?,23-,24-/m1/s1. The van der Waals surface area contributed by atoms with E-state index >= 15 is 0 Å². The molecule has 1 unspecified atom stereocenters. The minimum Gasteiger partial charge on any atom is -0.470 e. The van der Waals surface area contributed by atoms with Gasteiger partial charge in [-0.1, -0.05) is 52.0 Å². The van der Waals surface area contributed by atoms with Crippen LogP contribution < -0.4 is 4.74 Å². The highest BCUT2D eigenvalue weighted by Crippen LogP contribution is 2.41. The minimum absolute atomic E-state index is 0.103. The number of aromatic nitrogens is 2. The van der Waals surface area contributed by atoms with Crippen LogP contribution in [-0.2, 0) is 25.4 Å². The first kappa shape index (κ1) is 28.5. The number of hydrogen-bond acceptors (Lipinski definition) is 7. The summed E-state index contributed by atoms with van der Waals surface area (Å²) in [6, 6.07) is 6.75. The molecule has 2 aromatic heterocycles. The second kappa shape index (κ2) is 10.6. The van der Waals surface area contributed by atoms with E-state index in [9.17, 15) is 5.26 Å². The molecule has 0 N–H and O–H groups in total. The number of nitrogens with zero attached hydrogens (tertiary/aromatic N) is 3. The monoisotopic (exact) mass is 565 g/mol. The average molecular weight is 566 g/mol. The quantitative estimate of drug-likeness (QED) is 0.215. The van der Waals surface area contributed by atoms with Crippen LogP contribution in [0.15, 0.2) is 12.1 Å². The third-order valence-corrected chi connectivity index (χ3v) is 14.1. The van der Waals surface area contributed by atoms with Gasteiger partial charge in [-0.2, -0.15) is 5.26 Å². The largest absolute Gasteiger partial charge is 0.470 e. The molecular weight excluding hydrogens is 526 g/mol. The predicted octanol–water partition coefficient (Wildman–Crippen LogP) is 5.81. The lowest BCUT2D eigenvalue weighted by Gasteiger charge is -2.39. The second-order valence-corrected chi connectivity index (χ2v) is 23.5. The normalized spacial score (nSPS) is 24.4. The van der Waals surface area contributed by atoms with E-state index in [1.54, 1.807) is 6.07 Å². The van der Waals surface area contributed by atoms with Gasteiger partial charge in [-0.25, -0.2) is 4.98 Å². The molecule has 8 nitrogen and oxygen atoms in total. The van der Waals surface area contributed by atoms with Gasteiger partial charge in [-0.05, 0) is 30.2 Å². The molecule has 2 aliphatic rings. The Morgan fingerprint density at radius 2 is 1.76 bits per heavy atom. The van der Waals surface area contributed by atoms with Gasteiger partial charge in [0, 0.05) is 20.7 Å². The van der Waals surface area contributed by atoms with Crippen molar-refractivity contribution in [1.82, 2.24) is 9.55 Å². The van der Waals surface area contributed by atoms with Gasteiger partial charge in [0.15, 0.2) is 20.3 Å². The molecule has 37 heavy (non-hydrogen) atoms. The molecule has 4 atom stereocenters. The van der Waals surface area contributed by atoms with E-state index in [4.69, 9.17) is 35.0 Å². The molecule has 0 aliphatic carbocycles. The lowest BCUT2D eigenvalue weighted by molar-refractivity contribution is 0.00859. The van der Waals surface area contributed by atoms with Gasteiger partial charge in [-0.3, -0.25) is 4.57 Å². The van der Waals surface area contributed by atoms with Crippen LogP contribution in [0.4, 0.5) is 0 Å². The summed E-state index contributed by atoms with van der Waals surface area (Å²) in [6.45, 7) is 20.0. The van der Waals surface area contributed by atoms with Crippen molar-refractivity contribution in [3.8, 4) is 11.9 Å². The van der Waals surface area contributed by atoms with E-state index in [0.29, 0.717) is 36.8 Å². The highest BCUT2D eigenvalue weighted by molar-refractivity contribution is 6.76. The Kier molecular flexibility index (Phi) is 8.18. The van der Waals surface area contributed by atoms with Gasteiger partial charge in [0.05, 0.1) is 35.9 Å². The Hall–Kier alpha value is -1.46. The van der Waals surface area contributed by atoms with E-state index in [0.717, 1.165) is 11.6 Å². The van der Waals surface area contributed by atoms with E-state index < -0.39 is 16.4 Å². The number of nitriles is 1. The van der Waals surface area contributed by atoms with Crippen LogP contribution in [0.2, 0.25) is 49.0 Å². The number of ether oxygens (including phenoxy) is 4. The summed E-state index contributed by atoms with van der Waals surface area (Å²) in [4.78, 5) is 4.43. The molecule has 2 aromatic rings. The minimum atomic E-state index is -1.97. The van der Waals surface area contributed by atoms with Crippen molar-refractivity contribution in [2.75, 3.05) is 19.8 Å². The van der Waals surface area contributed by atoms with Gasteiger partial charge in [-0.15, -0.1) is 0 Å². The van der Waals surface area contributed by atoms with E-state index in [2.05, 4.69) is 64.6 Å². The fraction of sp³-hybridized carbons (Fsp3) is 0.692. The maximum Gasteiger partial charge on any atom is 0.198 e. The van der Waals surface area contributed by atoms with Crippen LogP contribution >= 0.6 is 11.6 Å². The highest BCUT2D eigenvalue weighted by Gasteiger charge is 2.52.